The first-order valence-corrected chi connectivity index (χ1v) is 12.8. The normalized spacial score (nSPS) is 10.2. The molecular formula is C32H34N4O5. The fourth-order valence-corrected chi connectivity index (χ4v) is 3.74. The van der Waals surface area contributed by atoms with Crippen molar-refractivity contribution in [1.82, 2.24) is 4.98 Å². The lowest BCUT2D eigenvalue weighted by Crippen LogP contribution is -2.12. The molecule has 212 valence electrons. The van der Waals surface area contributed by atoms with Crippen LogP contribution in [0.25, 0.3) is 6.08 Å². The third-order valence-corrected chi connectivity index (χ3v) is 5.74. The Bertz CT molecular complexity index is 1450. The van der Waals surface area contributed by atoms with Crippen molar-refractivity contribution >= 4 is 35.0 Å². The highest BCUT2D eigenvalue weighted by molar-refractivity contribution is 6.07. The summed E-state index contributed by atoms with van der Waals surface area (Å²) < 4.78 is 15.8. The lowest BCUT2D eigenvalue weighted by molar-refractivity contribution is 0.102. The molecule has 0 saturated heterocycles. The number of benzene rings is 3. The van der Waals surface area contributed by atoms with E-state index in [1.54, 1.807) is 82.1 Å². The molecule has 0 spiro atoms. The maximum absolute atomic E-state index is 12.1. The Morgan fingerprint density at radius 3 is 2.05 bits per heavy atom. The number of methoxy groups -OCH3 is 3. The molecular weight excluding hydrogens is 520 g/mol. The van der Waals surface area contributed by atoms with Crippen LogP contribution in [0.5, 0.6) is 17.2 Å². The fraction of sp³-hybridized carbons (Fsp3) is 0.156. The first-order chi connectivity index (χ1) is 19.9. The molecule has 9 heteroatoms. The van der Waals surface area contributed by atoms with Crippen LogP contribution in [0.3, 0.4) is 0 Å². The average molecular weight is 555 g/mol. The van der Waals surface area contributed by atoms with Crippen LogP contribution >= 0.6 is 0 Å². The monoisotopic (exact) mass is 554 g/mol. The van der Waals surface area contributed by atoms with E-state index in [1.807, 2.05) is 37.3 Å². The average Bonchev–Trinajstić information content (AvgIpc) is 3.00. The van der Waals surface area contributed by atoms with Gasteiger partial charge in [-0.2, -0.15) is 0 Å². The molecule has 1 amide bonds. The minimum atomic E-state index is -0.173. The Hall–Kier alpha value is -5.31. The fourth-order valence-electron chi connectivity index (χ4n) is 3.74. The van der Waals surface area contributed by atoms with E-state index in [-0.39, 0.29) is 11.7 Å². The minimum absolute atomic E-state index is 0.0608. The number of hydrogen-bond donors (Lipinski definition) is 3. The molecule has 1 aromatic heterocycles. The summed E-state index contributed by atoms with van der Waals surface area (Å²) in [7, 11) is 4.66. The molecule has 4 aromatic rings. The van der Waals surface area contributed by atoms with E-state index < -0.39 is 0 Å². The smallest absolute Gasteiger partial charge is 0.255 e. The second-order valence-electron chi connectivity index (χ2n) is 8.55. The first kappa shape index (κ1) is 30.2. The van der Waals surface area contributed by atoms with Crippen molar-refractivity contribution in [2.45, 2.75) is 6.92 Å². The molecule has 0 aliphatic heterocycles. The van der Waals surface area contributed by atoms with Gasteiger partial charge in [0.25, 0.3) is 5.91 Å². The van der Waals surface area contributed by atoms with Crippen molar-refractivity contribution < 1.29 is 23.8 Å². The molecule has 0 bridgehead atoms. The zero-order chi connectivity index (χ0) is 29.6. The van der Waals surface area contributed by atoms with Gasteiger partial charge in [0.2, 0.25) is 5.75 Å². The van der Waals surface area contributed by atoms with Crippen LogP contribution in [0.4, 0.5) is 17.2 Å². The number of amides is 1. The maximum Gasteiger partial charge on any atom is 0.255 e. The number of pyridine rings is 1. The lowest BCUT2D eigenvalue weighted by Gasteiger charge is -2.12. The van der Waals surface area contributed by atoms with Gasteiger partial charge < -0.3 is 30.6 Å². The number of ether oxygens (including phenoxy) is 3. The van der Waals surface area contributed by atoms with Crippen molar-refractivity contribution in [3.63, 3.8) is 0 Å². The Morgan fingerprint density at radius 2 is 1.49 bits per heavy atom. The van der Waals surface area contributed by atoms with E-state index in [0.29, 0.717) is 39.9 Å². The molecule has 0 aliphatic carbocycles. The van der Waals surface area contributed by atoms with Gasteiger partial charge in [-0.05, 0) is 61.0 Å². The largest absolute Gasteiger partial charge is 0.493 e. The summed E-state index contributed by atoms with van der Waals surface area (Å²) in [5.74, 6) is 1.77. The Balaban J connectivity index is 0.000000228. The van der Waals surface area contributed by atoms with Crippen LogP contribution in [0.15, 0.2) is 91.1 Å². The molecule has 3 aromatic carbocycles. The Labute approximate surface area is 240 Å². The molecule has 0 atom stereocenters. The predicted molar refractivity (Wildman–Crippen MR) is 163 cm³/mol. The topological polar surface area (TPSA) is 125 Å². The van der Waals surface area contributed by atoms with Crippen molar-refractivity contribution in [1.29, 1.82) is 0 Å². The van der Waals surface area contributed by atoms with Crippen LogP contribution in [0, 0.1) is 0 Å². The first-order valence-electron chi connectivity index (χ1n) is 12.8. The van der Waals surface area contributed by atoms with Gasteiger partial charge in [-0.25, -0.2) is 4.98 Å². The number of ketones is 1. The summed E-state index contributed by atoms with van der Waals surface area (Å²) in [4.78, 5) is 27.9. The molecule has 0 saturated carbocycles. The second-order valence-corrected chi connectivity index (χ2v) is 8.55. The SMILES string of the molecule is CCNc1ccc(C(=O)Nc2ccnc(N)c2)cc1.COc1cc(C=CC(=O)c2ccccc2)cc(OC)c1OC. The van der Waals surface area contributed by atoms with Crippen LogP contribution < -0.4 is 30.6 Å². The Morgan fingerprint density at radius 1 is 0.829 bits per heavy atom. The van der Waals surface area contributed by atoms with Crippen LogP contribution in [0.1, 0.15) is 33.2 Å². The summed E-state index contributed by atoms with van der Waals surface area (Å²) in [5.41, 5.74) is 9.21. The van der Waals surface area contributed by atoms with Gasteiger partial charge >= 0.3 is 0 Å². The van der Waals surface area contributed by atoms with Crippen LogP contribution in [-0.4, -0.2) is 44.5 Å². The number of hydrogen-bond acceptors (Lipinski definition) is 8. The molecule has 0 radical (unpaired) electrons. The quantitative estimate of drug-likeness (QED) is 0.162. The third kappa shape index (κ3) is 8.86. The van der Waals surface area contributed by atoms with E-state index in [9.17, 15) is 9.59 Å². The number of carbonyl (C=O) groups is 2. The number of carbonyl (C=O) groups excluding carboxylic acids is 2. The van der Waals surface area contributed by atoms with E-state index in [0.717, 1.165) is 17.8 Å². The molecule has 0 unspecified atom stereocenters. The number of anilines is 3. The van der Waals surface area contributed by atoms with Gasteiger partial charge in [0.05, 0.1) is 21.3 Å². The highest BCUT2D eigenvalue weighted by Crippen LogP contribution is 2.38. The van der Waals surface area contributed by atoms with E-state index >= 15 is 0 Å². The molecule has 41 heavy (non-hydrogen) atoms. The Kier molecular flexibility index (Phi) is 11.3. The molecule has 4 N–H and O–H groups in total. The number of allylic oxidation sites excluding steroid dienone is 1. The van der Waals surface area contributed by atoms with Crippen molar-refractivity contribution in [2.24, 2.45) is 0 Å². The highest BCUT2D eigenvalue weighted by atomic mass is 16.5. The third-order valence-electron chi connectivity index (χ3n) is 5.74. The predicted octanol–water partition coefficient (Wildman–Crippen LogP) is 5.96. The number of nitrogens with zero attached hydrogens (tertiary/aromatic N) is 1. The van der Waals surface area contributed by atoms with Crippen molar-refractivity contribution in [2.75, 3.05) is 44.2 Å². The molecule has 0 aliphatic rings. The summed E-state index contributed by atoms with van der Waals surface area (Å²) >= 11 is 0. The standard InChI is InChI=1S/C18H18O4.C14H16N4O/c1-20-16-11-13(12-17(21-2)18(16)22-3)9-10-15(19)14-7-5-4-6-8-14;1-2-16-11-5-3-10(4-6-11)14(19)18-12-7-8-17-13(15)9-12/h4-12H,1-3H3;3-9,16H,2H2,1H3,(H3,15,17,18,19). The number of nitrogens with one attached hydrogen (secondary N) is 2. The molecule has 0 fully saturated rings. The van der Waals surface area contributed by atoms with Gasteiger partial charge in [-0.1, -0.05) is 36.4 Å². The number of aromatic nitrogens is 1. The summed E-state index contributed by atoms with van der Waals surface area (Å²) in [5, 5.41) is 5.95. The van der Waals surface area contributed by atoms with Crippen molar-refractivity contribution in [3.05, 3.63) is 108 Å². The van der Waals surface area contributed by atoms with Gasteiger partial charge in [0, 0.05) is 41.3 Å². The maximum atomic E-state index is 12.1. The molecule has 1 heterocycles. The minimum Gasteiger partial charge on any atom is -0.493 e. The van der Waals surface area contributed by atoms with Crippen LogP contribution in [-0.2, 0) is 0 Å². The van der Waals surface area contributed by atoms with E-state index in [1.165, 1.54) is 6.08 Å². The zero-order valence-corrected chi connectivity index (χ0v) is 23.5. The summed E-state index contributed by atoms with van der Waals surface area (Å²) in [6.45, 7) is 2.87. The van der Waals surface area contributed by atoms with E-state index in [4.69, 9.17) is 19.9 Å². The number of nitrogens with two attached hydrogens (primary N) is 1. The van der Waals surface area contributed by atoms with Gasteiger partial charge in [0.1, 0.15) is 5.82 Å². The summed E-state index contributed by atoms with van der Waals surface area (Å²) in [6.07, 6.45) is 4.80. The number of nitrogen functional groups attached to an aromatic ring is 1. The van der Waals surface area contributed by atoms with Gasteiger partial charge in [-0.3, -0.25) is 9.59 Å². The number of rotatable bonds is 10. The summed E-state index contributed by atoms with van der Waals surface area (Å²) in [6, 6.07) is 23.3. The molecule has 4 rings (SSSR count). The van der Waals surface area contributed by atoms with Gasteiger partial charge in [0.15, 0.2) is 17.3 Å². The lowest BCUT2D eigenvalue weighted by atomic mass is 10.1. The highest BCUT2D eigenvalue weighted by Gasteiger charge is 2.12. The van der Waals surface area contributed by atoms with Crippen molar-refractivity contribution in [3.8, 4) is 17.2 Å². The van der Waals surface area contributed by atoms with Gasteiger partial charge in [-0.15, -0.1) is 0 Å². The molecule has 9 nitrogen and oxygen atoms in total. The second kappa shape index (κ2) is 15.3. The van der Waals surface area contributed by atoms with E-state index in [2.05, 4.69) is 15.6 Å². The van der Waals surface area contributed by atoms with Crippen LogP contribution in [0.2, 0.25) is 0 Å². The zero-order valence-electron chi connectivity index (χ0n) is 23.5.